The predicted octanol–water partition coefficient (Wildman–Crippen LogP) is 4.99. The minimum Gasteiger partial charge on any atom is -0.494 e. The number of amides is 1. The minimum absolute atomic E-state index is 0.220. The number of hydrogen-bond acceptors (Lipinski definition) is 4. The zero-order chi connectivity index (χ0) is 16.2. The molecule has 118 valence electrons. The van der Waals surface area contributed by atoms with Crippen molar-refractivity contribution >= 4 is 44.2 Å². The van der Waals surface area contributed by atoms with Gasteiger partial charge in [-0.1, -0.05) is 42.0 Å². The average molecular weight is 347 g/mol. The fraction of sp³-hybridized carbons (Fsp3) is 0.176. The van der Waals surface area contributed by atoms with Crippen molar-refractivity contribution in [3.05, 3.63) is 53.1 Å². The zero-order valence-electron chi connectivity index (χ0n) is 12.5. The number of aromatic nitrogens is 1. The van der Waals surface area contributed by atoms with E-state index in [0.717, 1.165) is 11.1 Å². The molecule has 0 aliphatic rings. The number of carbonyl (C=O) groups excluding carboxylic acids is 1. The van der Waals surface area contributed by atoms with Crippen LogP contribution in [0, 0.1) is 0 Å². The van der Waals surface area contributed by atoms with E-state index in [4.69, 9.17) is 16.3 Å². The molecule has 0 saturated carbocycles. The van der Waals surface area contributed by atoms with Gasteiger partial charge < -0.3 is 4.74 Å². The van der Waals surface area contributed by atoms with E-state index in [-0.39, 0.29) is 5.91 Å². The highest BCUT2D eigenvalue weighted by Gasteiger charge is 2.12. The summed E-state index contributed by atoms with van der Waals surface area (Å²) >= 11 is 7.50. The minimum atomic E-state index is -0.220. The Hall–Kier alpha value is -2.11. The number of para-hydroxylation sites is 1. The van der Waals surface area contributed by atoms with Crippen molar-refractivity contribution in [3.63, 3.8) is 0 Å². The van der Waals surface area contributed by atoms with Crippen LogP contribution in [0.3, 0.4) is 0 Å². The van der Waals surface area contributed by atoms with E-state index >= 15 is 0 Å². The van der Waals surface area contributed by atoms with Gasteiger partial charge in [0.1, 0.15) is 11.3 Å². The number of hydrogen-bond donors (Lipinski definition) is 1. The lowest BCUT2D eigenvalue weighted by atomic mass is 10.2. The number of halogens is 1. The molecule has 23 heavy (non-hydrogen) atoms. The number of fused-ring (bicyclic) bond motifs is 1. The molecule has 2 aromatic carbocycles. The van der Waals surface area contributed by atoms with Gasteiger partial charge in [0.05, 0.1) is 16.3 Å². The predicted molar refractivity (Wildman–Crippen MR) is 94.8 cm³/mol. The van der Waals surface area contributed by atoms with Gasteiger partial charge >= 0.3 is 0 Å². The number of nitrogens with zero attached hydrogens (tertiary/aromatic N) is 1. The Bertz CT molecular complexity index is 847. The molecule has 3 rings (SSSR count). The second-order valence-corrected chi connectivity index (χ2v) is 6.37. The number of anilines is 1. The summed E-state index contributed by atoms with van der Waals surface area (Å²) in [6.45, 7) is 2.66. The van der Waals surface area contributed by atoms with Crippen LogP contribution in [-0.4, -0.2) is 17.5 Å². The van der Waals surface area contributed by atoms with Gasteiger partial charge in [-0.3, -0.25) is 10.1 Å². The maximum atomic E-state index is 12.4. The SMILES string of the molecule is CCCOc1cccc(C(=O)Nc2nc3c(Cl)cccc3s2)c1. The maximum absolute atomic E-state index is 12.4. The quantitative estimate of drug-likeness (QED) is 0.708. The second kappa shape index (κ2) is 6.98. The molecule has 0 spiro atoms. The molecule has 0 aliphatic carbocycles. The number of carbonyl (C=O) groups is 1. The first-order valence-electron chi connectivity index (χ1n) is 7.26. The van der Waals surface area contributed by atoms with E-state index in [1.165, 1.54) is 11.3 Å². The van der Waals surface area contributed by atoms with Gasteiger partial charge in [0.15, 0.2) is 5.13 Å². The van der Waals surface area contributed by atoms with E-state index in [9.17, 15) is 4.79 Å². The van der Waals surface area contributed by atoms with Crippen LogP contribution in [0.4, 0.5) is 5.13 Å². The molecular weight excluding hydrogens is 332 g/mol. The lowest BCUT2D eigenvalue weighted by Gasteiger charge is -2.06. The van der Waals surface area contributed by atoms with Crippen LogP contribution in [0.15, 0.2) is 42.5 Å². The molecule has 1 aromatic heterocycles. The van der Waals surface area contributed by atoms with Crippen molar-refractivity contribution in [1.29, 1.82) is 0 Å². The van der Waals surface area contributed by atoms with E-state index in [1.807, 2.05) is 25.1 Å². The monoisotopic (exact) mass is 346 g/mol. The van der Waals surface area contributed by atoms with E-state index in [0.29, 0.717) is 33.6 Å². The highest BCUT2D eigenvalue weighted by Crippen LogP contribution is 2.30. The highest BCUT2D eigenvalue weighted by molar-refractivity contribution is 7.22. The lowest BCUT2D eigenvalue weighted by molar-refractivity contribution is 0.102. The number of nitrogens with one attached hydrogen (secondary N) is 1. The highest BCUT2D eigenvalue weighted by atomic mass is 35.5. The molecule has 1 amide bonds. The molecule has 4 nitrogen and oxygen atoms in total. The summed E-state index contributed by atoms with van der Waals surface area (Å²) in [6, 6.07) is 12.7. The summed E-state index contributed by atoms with van der Waals surface area (Å²) in [7, 11) is 0. The average Bonchev–Trinajstić information content (AvgIpc) is 2.97. The van der Waals surface area contributed by atoms with Crippen molar-refractivity contribution in [2.45, 2.75) is 13.3 Å². The Morgan fingerprint density at radius 1 is 1.30 bits per heavy atom. The fourth-order valence-corrected chi connectivity index (χ4v) is 3.25. The van der Waals surface area contributed by atoms with Crippen LogP contribution in [-0.2, 0) is 0 Å². The van der Waals surface area contributed by atoms with E-state index < -0.39 is 0 Å². The van der Waals surface area contributed by atoms with Crippen molar-refractivity contribution in [2.75, 3.05) is 11.9 Å². The molecule has 0 aliphatic heterocycles. The molecule has 0 saturated heterocycles. The molecule has 0 fully saturated rings. The van der Waals surface area contributed by atoms with Gasteiger partial charge in [-0.2, -0.15) is 0 Å². The summed E-state index contributed by atoms with van der Waals surface area (Å²) in [6.07, 6.45) is 0.920. The van der Waals surface area contributed by atoms with Gasteiger partial charge in [-0.25, -0.2) is 4.98 Å². The van der Waals surface area contributed by atoms with Crippen LogP contribution in [0.25, 0.3) is 10.2 Å². The van der Waals surface area contributed by atoms with Crippen LogP contribution >= 0.6 is 22.9 Å². The number of ether oxygens (including phenoxy) is 1. The summed E-state index contributed by atoms with van der Waals surface area (Å²) in [5.41, 5.74) is 1.23. The van der Waals surface area contributed by atoms with Gasteiger partial charge in [0.2, 0.25) is 0 Å². The first-order valence-corrected chi connectivity index (χ1v) is 8.46. The van der Waals surface area contributed by atoms with Crippen LogP contribution < -0.4 is 10.1 Å². The Kier molecular flexibility index (Phi) is 4.79. The molecule has 0 atom stereocenters. The normalized spacial score (nSPS) is 10.7. The summed E-state index contributed by atoms with van der Waals surface area (Å²) in [5, 5.41) is 3.92. The standard InChI is InChI=1S/C17H15ClN2O2S/c1-2-9-22-12-6-3-5-11(10-12)16(21)20-17-19-15-13(18)7-4-8-14(15)23-17/h3-8,10H,2,9H2,1H3,(H,19,20,21). The Balaban J connectivity index is 1.79. The molecule has 0 unspecified atom stereocenters. The van der Waals surface area contributed by atoms with Crippen LogP contribution in [0.5, 0.6) is 5.75 Å². The van der Waals surface area contributed by atoms with E-state index in [2.05, 4.69) is 10.3 Å². The second-order valence-electron chi connectivity index (χ2n) is 4.94. The molecule has 0 radical (unpaired) electrons. The third-order valence-corrected chi connectivity index (χ3v) is 4.40. The molecule has 1 heterocycles. The van der Waals surface area contributed by atoms with Gasteiger partial charge in [-0.15, -0.1) is 0 Å². The van der Waals surface area contributed by atoms with Crippen molar-refractivity contribution in [3.8, 4) is 5.75 Å². The maximum Gasteiger partial charge on any atom is 0.257 e. The Labute approximate surface area is 143 Å². The van der Waals surface area contributed by atoms with Crippen LogP contribution in [0.2, 0.25) is 5.02 Å². The number of benzene rings is 2. The fourth-order valence-electron chi connectivity index (χ4n) is 2.08. The topological polar surface area (TPSA) is 51.2 Å². The summed E-state index contributed by atoms with van der Waals surface area (Å²) in [5.74, 6) is 0.467. The smallest absolute Gasteiger partial charge is 0.257 e. The van der Waals surface area contributed by atoms with Crippen molar-refractivity contribution in [2.24, 2.45) is 0 Å². The molecule has 0 bridgehead atoms. The Morgan fingerprint density at radius 2 is 2.13 bits per heavy atom. The largest absolute Gasteiger partial charge is 0.494 e. The third kappa shape index (κ3) is 3.63. The zero-order valence-corrected chi connectivity index (χ0v) is 14.1. The first kappa shape index (κ1) is 15.8. The molecular formula is C17H15ClN2O2S. The van der Waals surface area contributed by atoms with E-state index in [1.54, 1.807) is 24.3 Å². The molecule has 6 heteroatoms. The lowest BCUT2D eigenvalue weighted by Crippen LogP contribution is -2.11. The summed E-state index contributed by atoms with van der Waals surface area (Å²) in [4.78, 5) is 16.7. The molecule has 3 aromatic rings. The van der Waals surface area contributed by atoms with Gasteiger partial charge in [-0.05, 0) is 36.8 Å². The Morgan fingerprint density at radius 3 is 2.91 bits per heavy atom. The van der Waals surface area contributed by atoms with Gasteiger partial charge in [0, 0.05) is 5.56 Å². The van der Waals surface area contributed by atoms with Crippen LogP contribution in [0.1, 0.15) is 23.7 Å². The number of rotatable bonds is 5. The van der Waals surface area contributed by atoms with Gasteiger partial charge in [0.25, 0.3) is 5.91 Å². The summed E-state index contributed by atoms with van der Waals surface area (Å²) < 4.78 is 6.49. The van der Waals surface area contributed by atoms with Crippen molar-refractivity contribution in [1.82, 2.24) is 4.98 Å². The van der Waals surface area contributed by atoms with Crippen molar-refractivity contribution < 1.29 is 9.53 Å². The third-order valence-electron chi connectivity index (χ3n) is 3.16. The number of thiazole rings is 1. The first-order chi connectivity index (χ1) is 11.2. The molecule has 1 N–H and O–H groups in total.